The number of nitrogens with zero attached hydrogens (tertiary/aromatic N) is 1. The van der Waals surface area contributed by atoms with Crippen LogP contribution in [-0.2, 0) is 0 Å². The van der Waals surface area contributed by atoms with E-state index in [0.29, 0.717) is 22.7 Å². The minimum absolute atomic E-state index is 0.0410. The summed E-state index contributed by atoms with van der Waals surface area (Å²) in [4.78, 5) is 28.3. The van der Waals surface area contributed by atoms with Gasteiger partial charge in [0.1, 0.15) is 5.75 Å². The van der Waals surface area contributed by atoms with Crippen LogP contribution in [0.1, 0.15) is 44.5 Å². The highest BCUT2D eigenvalue weighted by molar-refractivity contribution is 7.12. The molecule has 6 nitrogen and oxygen atoms in total. The number of thiophene rings is 1. The highest BCUT2D eigenvalue weighted by Gasteiger charge is 2.26. The van der Waals surface area contributed by atoms with E-state index in [2.05, 4.69) is 21.6 Å². The number of carbonyl (C=O) groups excluding carboxylic acids is 2. The first kappa shape index (κ1) is 22.0. The number of para-hydroxylation sites is 1. The average Bonchev–Trinajstić information content (AvgIpc) is 3.54. The number of methoxy groups -OCH3 is 1. The Balaban J connectivity index is 1.46. The molecule has 1 atom stereocenters. The topological polar surface area (TPSA) is 70.7 Å². The van der Waals surface area contributed by atoms with Crippen molar-refractivity contribution in [3.05, 3.63) is 82.0 Å². The predicted octanol–water partition coefficient (Wildman–Crippen LogP) is 4.58. The summed E-state index contributed by atoms with van der Waals surface area (Å²) >= 11 is 1.38. The van der Waals surface area contributed by atoms with Crippen LogP contribution in [0, 0.1) is 0 Å². The van der Waals surface area contributed by atoms with Crippen molar-refractivity contribution in [2.45, 2.75) is 18.9 Å². The molecule has 2 aromatic carbocycles. The average molecular weight is 450 g/mol. The van der Waals surface area contributed by atoms with Crippen molar-refractivity contribution in [3.63, 3.8) is 0 Å². The van der Waals surface area contributed by atoms with Crippen molar-refractivity contribution in [1.29, 1.82) is 0 Å². The second-order valence-corrected chi connectivity index (χ2v) is 8.67. The number of hydrogen-bond donors (Lipinski definition) is 2. The molecule has 0 aliphatic carbocycles. The number of nitrogens with one attached hydrogen (secondary N) is 2. The Kier molecular flexibility index (Phi) is 7.19. The van der Waals surface area contributed by atoms with Crippen LogP contribution in [0.15, 0.2) is 66.0 Å². The second-order valence-electron chi connectivity index (χ2n) is 7.72. The fourth-order valence-corrected chi connectivity index (χ4v) is 4.68. The summed E-state index contributed by atoms with van der Waals surface area (Å²) in [7, 11) is 1.68. The van der Waals surface area contributed by atoms with Crippen LogP contribution in [0.25, 0.3) is 0 Å². The molecular formula is C25H27N3O3S. The third-order valence-corrected chi connectivity index (χ3v) is 6.53. The molecule has 4 rings (SSSR count). The van der Waals surface area contributed by atoms with Gasteiger partial charge >= 0.3 is 0 Å². The summed E-state index contributed by atoms with van der Waals surface area (Å²) in [5.74, 6) is 0.482. The number of benzene rings is 2. The zero-order chi connectivity index (χ0) is 22.3. The summed E-state index contributed by atoms with van der Waals surface area (Å²) in [5, 5.41) is 7.80. The van der Waals surface area contributed by atoms with Gasteiger partial charge in [-0.2, -0.15) is 0 Å². The van der Waals surface area contributed by atoms with Gasteiger partial charge in [-0.05, 0) is 61.6 Å². The standard InChI is InChI=1S/C25H27N3O3S/c1-31-22-11-3-2-10-20(22)21(28-13-4-5-14-28)17-26-24(29)18-8-6-9-19(16-18)27-25(30)23-12-7-15-32-23/h2-3,6-12,15-16,21H,4-5,13-14,17H2,1H3,(H,26,29)(H,27,30)/t21-/m1/s1. The molecule has 7 heteroatoms. The quantitative estimate of drug-likeness (QED) is 0.528. The lowest BCUT2D eigenvalue weighted by atomic mass is 10.0. The summed E-state index contributed by atoms with van der Waals surface area (Å²) in [6.45, 7) is 2.48. The molecule has 1 aliphatic rings. The van der Waals surface area contributed by atoms with Crippen molar-refractivity contribution in [2.75, 3.05) is 32.1 Å². The molecule has 1 aromatic heterocycles. The Labute approximate surface area is 192 Å². The van der Waals surface area contributed by atoms with Crippen molar-refractivity contribution in [3.8, 4) is 5.75 Å². The van der Waals surface area contributed by atoms with E-state index < -0.39 is 0 Å². The highest BCUT2D eigenvalue weighted by atomic mass is 32.1. The molecule has 1 saturated heterocycles. The van der Waals surface area contributed by atoms with Crippen molar-refractivity contribution in [2.24, 2.45) is 0 Å². The molecule has 2 N–H and O–H groups in total. The van der Waals surface area contributed by atoms with E-state index in [1.165, 1.54) is 11.3 Å². The molecule has 0 saturated carbocycles. The zero-order valence-electron chi connectivity index (χ0n) is 18.0. The molecule has 3 aromatic rings. The molecule has 166 valence electrons. The van der Waals surface area contributed by atoms with Gasteiger partial charge in [0.25, 0.3) is 11.8 Å². The molecule has 2 heterocycles. The fraction of sp³-hybridized carbons (Fsp3) is 0.280. The first-order chi connectivity index (χ1) is 15.7. The Morgan fingerprint density at radius 1 is 1.03 bits per heavy atom. The van der Waals surface area contributed by atoms with E-state index in [4.69, 9.17) is 4.74 Å². The van der Waals surface area contributed by atoms with E-state index in [1.54, 1.807) is 37.4 Å². The minimum Gasteiger partial charge on any atom is -0.496 e. The Bertz CT molecular complexity index is 1060. The van der Waals surface area contributed by atoms with Gasteiger partial charge in [0.15, 0.2) is 0 Å². The first-order valence-electron chi connectivity index (χ1n) is 10.8. The van der Waals surface area contributed by atoms with Gasteiger partial charge in [-0.15, -0.1) is 11.3 Å². The van der Waals surface area contributed by atoms with Gasteiger partial charge in [-0.1, -0.05) is 30.3 Å². The van der Waals surface area contributed by atoms with Crippen LogP contribution in [0.3, 0.4) is 0 Å². The molecule has 1 fully saturated rings. The summed E-state index contributed by atoms with van der Waals surface area (Å²) in [6, 6.07) is 18.6. The molecule has 0 bridgehead atoms. The monoisotopic (exact) mass is 449 g/mol. The highest BCUT2D eigenvalue weighted by Crippen LogP contribution is 2.31. The molecule has 0 spiro atoms. The Morgan fingerprint density at radius 3 is 2.59 bits per heavy atom. The number of anilines is 1. The van der Waals surface area contributed by atoms with E-state index >= 15 is 0 Å². The largest absolute Gasteiger partial charge is 0.496 e. The Morgan fingerprint density at radius 2 is 1.84 bits per heavy atom. The van der Waals surface area contributed by atoms with Gasteiger partial charge in [0.2, 0.25) is 0 Å². The first-order valence-corrected chi connectivity index (χ1v) is 11.6. The third kappa shape index (κ3) is 5.18. The maximum Gasteiger partial charge on any atom is 0.265 e. The Hall–Kier alpha value is -3.16. The maximum absolute atomic E-state index is 12.9. The van der Waals surface area contributed by atoms with Crippen LogP contribution in [0.2, 0.25) is 0 Å². The lowest BCUT2D eigenvalue weighted by Gasteiger charge is -2.29. The number of hydrogen-bond acceptors (Lipinski definition) is 5. The summed E-state index contributed by atoms with van der Waals surface area (Å²) in [5.41, 5.74) is 2.18. The van der Waals surface area contributed by atoms with Crippen LogP contribution >= 0.6 is 11.3 Å². The van der Waals surface area contributed by atoms with Gasteiger partial charge in [0.05, 0.1) is 18.0 Å². The number of likely N-dealkylation sites (tertiary alicyclic amines) is 1. The van der Waals surface area contributed by atoms with Crippen LogP contribution in [-0.4, -0.2) is 43.5 Å². The van der Waals surface area contributed by atoms with Crippen LogP contribution < -0.4 is 15.4 Å². The SMILES string of the molecule is COc1ccccc1[C@@H](CNC(=O)c1cccc(NC(=O)c2cccs2)c1)N1CCCC1. The maximum atomic E-state index is 12.9. The smallest absolute Gasteiger partial charge is 0.265 e. The van der Waals surface area contributed by atoms with E-state index in [9.17, 15) is 9.59 Å². The third-order valence-electron chi connectivity index (χ3n) is 5.66. The summed E-state index contributed by atoms with van der Waals surface area (Å²) < 4.78 is 5.58. The number of carbonyl (C=O) groups is 2. The number of ether oxygens (including phenoxy) is 1. The summed E-state index contributed by atoms with van der Waals surface area (Å²) in [6.07, 6.45) is 2.32. The second kappa shape index (κ2) is 10.4. The molecule has 2 amide bonds. The molecule has 0 unspecified atom stereocenters. The predicted molar refractivity (Wildman–Crippen MR) is 128 cm³/mol. The molecule has 1 aliphatic heterocycles. The van der Waals surface area contributed by atoms with Gasteiger partial charge in [-0.3, -0.25) is 14.5 Å². The van der Waals surface area contributed by atoms with Crippen molar-refractivity contribution in [1.82, 2.24) is 10.2 Å². The fourth-order valence-electron chi connectivity index (χ4n) is 4.06. The van der Waals surface area contributed by atoms with E-state index in [1.807, 2.05) is 29.6 Å². The molecule has 0 radical (unpaired) electrons. The van der Waals surface area contributed by atoms with E-state index in [-0.39, 0.29) is 17.9 Å². The lowest BCUT2D eigenvalue weighted by molar-refractivity contribution is 0.0936. The van der Waals surface area contributed by atoms with E-state index in [0.717, 1.165) is 37.2 Å². The van der Waals surface area contributed by atoms with Crippen LogP contribution in [0.5, 0.6) is 5.75 Å². The molecular weight excluding hydrogens is 422 g/mol. The lowest BCUT2D eigenvalue weighted by Crippen LogP contribution is -2.37. The number of amides is 2. The zero-order valence-corrected chi connectivity index (χ0v) is 18.9. The van der Waals surface area contributed by atoms with Gasteiger partial charge in [0, 0.05) is 23.4 Å². The van der Waals surface area contributed by atoms with Crippen molar-refractivity contribution < 1.29 is 14.3 Å². The number of rotatable bonds is 8. The molecule has 32 heavy (non-hydrogen) atoms. The van der Waals surface area contributed by atoms with Crippen molar-refractivity contribution >= 4 is 28.8 Å². The normalized spacial score (nSPS) is 14.7. The van der Waals surface area contributed by atoms with Gasteiger partial charge < -0.3 is 15.4 Å². The minimum atomic E-state index is -0.178. The van der Waals surface area contributed by atoms with Crippen LogP contribution in [0.4, 0.5) is 5.69 Å². The van der Waals surface area contributed by atoms with Gasteiger partial charge in [-0.25, -0.2) is 0 Å².